The summed E-state index contributed by atoms with van der Waals surface area (Å²) in [6, 6.07) is 10.3. The van der Waals surface area contributed by atoms with Crippen molar-refractivity contribution in [3.63, 3.8) is 0 Å². The number of aromatic nitrogens is 1. The number of para-hydroxylation sites is 1. The Bertz CT molecular complexity index is 678. The van der Waals surface area contributed by atoms with E-state index in [-0.39, 0.29) is 11.8 Å². The minimum absolute atomic E-state index is 0.0880. The van der Waals surface area contributed by atoms with Crippen molar-refractivity contribution in [2.45, 2.75) is 39.2 Å². The van der Waals surface area contributed by atoms with Crippen molar-refractivity contribution >= 4 is 17.5 Å². The first kappa shape index (κ1) is 14.6. The molecule has 5 heteroatoms. The number of benzene rings is 1. The first-order valence-electron chi connectivity index (χ1n) is 7.65. The Hall–Kier alpha value is -2.30. The van der Waals surface area contributed by atoms with Gasteiger partial charge < -0.3 is 9.42 Å². The first-order chi connectivity index (χ1) is 10.5. The van der Waals surface area contributed by atoms with Gasteiger partial charge in [0.15, 0.2) is 0 Å². The summed E-state index contributed by atoms with van der Waals surface area (Å²) in [4.78, 5) is 14.4. The number of anilines is 2. The Balaban J connectivity index is 1.67. The first-order valence-corrected chi connectivity index (χ1v) is 7.65. The number of carbonyl (C=O) groups is 1. The third-order valence-electron chi connectivity index (χ3n) is 4.04. The third-order valence-corrected chi connectivity index (χ3v) is 4.04. The highest BCUT2D eigenvalue weighted by Gasteiger charge is 2.27. The molecule has 2 aromatic rings. The molecule has 0 unspecified atom stereocenters. The summed E-state index contributed by atoms with van der Waals surface area (Å²) >= 11 is 0. The normalized spacial score (nSPS) is 16.9. The molecule has 1 aliphatic heterocycles. The summed E-state index contributed by atoms with van der Waals surface area (Å²) in [6.45, 7) is 6.52. The summed E-state index contributed by atoms with van der Waals surface area (Å²) in [7, 11) is 0. The third kappa shape index (κ3) is 2.84. The Kier molecular flexibility index (Phi) is 3.88. The Morgan fingerprint density at radius 1 is 1.45 bits per heavy atom. The SMILES string of the molecule is CC(C)c1cc(NC(=O)CN2c3ccccc3C[C@@H]2C)on1. The van der Waals surface area contributed by atoms with E-state index in [0.717, 1.165) is 17.8 Å². The molecule has 1 aromatic heterocycles. The maximum Gasteiger partial charge on any atom is 0.246 e. The average molecular weight is 299 g/mol. The molecule has 1 aromatic carbocycles. The molecule has 0 saturated heterocycles. The lowest BCUT2D eigenvalue weighted by atomic mass is 10.1. The standard InChI is InChI=1S/C17H21N3O2/c1-11(2)14-9-17(22-19-14)18-16(21)10-20-12(3)8-13-6-4-5-7-15(13)20/h4-7,9,11-12H,8,10H2,1-3H3,(H,18,21)/t12-/m0/s1. The van der Waals surface area contributed by atoms with Crippen molar-refractivity contribution in [2.24, 2.45) is 0 Å². The number of nitrogens with zero attached hydrogens (tertiary/aromatic N) is 2. The number of hydrogen-bond acceptors (Lipinski definition) is 4. The van der Waals surface area contributed by atoms with Crippen LogP contribution in [0.4, 0.5) is 11.6 Å². The van der Waals surface area contributed by atoms with E-state index >= 15 is 0 Å². The van der Waals surface area contributed by atoms with Gasteiger partial charge in [0, 0.05) is 17.8 Å². The summed E-state index contributed by atoms with van der Waals surface area (Å²) in [5.41, 5.74) is 3.28. The lowest BCUT2D eigenvalue weighted by Crippen LogP contribution is -2.37. The van der Waals surface area contributed by atoms with Crippen LogP contribution in [0.15, 0.2) is 34.9 Å². The monoisotopic (exact) mass is 299 g/mol. The largest absolute Gasteiger partial charge is 0.359 e. The molecule has 0 spiro atoms. The van der Waals surface area contributed by atoms with Crippen LogP contribution in [-0.4, -0.2) is 23.7 Å². The van der Waals surface area contributed by atoms with Crippen LogP contribution in [0.1, 0.15) is 37.9 Å². The number of rotatable bonds is 4. The highest BCUT2D eigenvalue weighted by molar-refractivity contribution is 5.93. The number of fused-ring (bicyclic) bond motifs is 1. The summed E-state index contributed by atoms with van der Waals surface area (Å²) < 4.78 is 5.16. The molecule has 1 N–H and O–H groups in total. The van der Waals surface area contributed by atoms with Gasteiger partial charge in [-0.25, -0.2) is 0 Å². The molecule has 2 heterocycles. The summed E-state index contributed by atoms with van der Waals surface area (Å²) in [6.07, 6.45) is 0.975. The van der Waals surface area contributed by atoms with Crippen molar-refractivity contribution in [3.8, 4) is 0 Å². The van der Waals surface area contributed by atoms with Gasteiger partial charge >= 0.3 is 0 Å². The van der Waals surface area contributed by atoms with Gasteiger partial charge in [0.1, 0.15) is 0 Å². The van der Waals surface area contributed by atoms with Crippen LogP contribution in [0.25, 0.3) is 0 Å². The Morgan fingerprint density at radius 3 is 2.95 bits per heavy atom. The Morgan fingerprint density at radius 2 is 2.23 bits per heavy atom. The summed E-state index contributed by atoms with van der Waals surface area (Å²) in [5, 5.41) is 6.73. The molecule has 1 aliphatic rings. The molecule has 0 aliphatic carbocycles. The minimum Gasteiger partial charge on any atom is -0.359 e. The fourth-order valence-corrected chi connectivity index (χ4v) is 2.82. The topological polar surface area (TPSA) is 58.4 Å². The second kappa shape index (κ2) is 5.83. The molecular formula is C17H21N3O2. The van der Waals surface area contributed by atoms with E-state index in [1.807, 2.05) is 26.0 Å². The lowest BCUT2D eigenvalue weighted by molar-refractivity contribution is -0.115. The van der Waals surface area contributed by atoms with Crippen LogP contribution in [0, 0.1) is 0 Å². The fraction of sp³-hybridized carbons (Fsp3) is 0.412. The molecule has 116 valence electrons. The van der Waals surface area contributed by atoms with Gasteiger partial charge in [0.05, 0.1) is 12.2 Å². The van der Waals surface area contributed by atoms with E-state index in [4.69, 9.17) is 4.52 Å². The zero-order chi connectivity index (χ0) is 15.7. The molecular weight excluding hydrogens is 278 g/mol. The Labute approximate surface area is 130 Å². The van der Waals surface area contributed by atoms with E-state index in [0.29, 0.717) is 18.5 Å². The number of nitrogens with one attached hydrogen (secondary N) is 1. The molecule has 1 atom stereocenters. The molecule has 0 saturated carbocycles. The van der Waals surface area contributed by atoms with E-state index in [1.54, 1.807) is 6.07 Å². The van der Waals surface area contributed by atoms with Crippen molar-refractivity contribution in [3.05, 3.63) is 41.6 Å². The molecule has 5 nitrogen and oxygen atoms in total. The molecule has 3 rings (SSSR count). The van der Waals surface area contributed by atoms with Crippen LogP contribution in [0.2, 0.25) is 0 Å². The number of amides is 1. The van der Waals surface area contributed by atoms with Crippen molar-refractivity contribution in [2.75, 3.05) is 16.8 Å². The van der Waals surface area contributed by atoms with Crippen LogP contribution >= 0.6 is 0 Å². The van der Waals surface area contributed by atoms with E-state index in [9.17, 15) is 4.79 Å². The average Bonchev–Trinajstić information content (AvgIpc) is 3.05. The highest BCUT2D eigenvalue weighted by Crippen LogP contribution is 2.31. The van der Waals surface area contributed by atoms with Gasteiger partial charge in [-0.1, -0.05) is 37.2 Å². The van der Waals surface area contributed by atoms with E-state index < -0.39 is 0 Å². The van der Waals surface area contributed by atoms with Crippen LogP contribution in [0.5, 0.6) is 0 Å². The van der Waals surface area contributed by atoms with Crippen molar-refractivity contribution < 1.29 is 9.32 Å². The minimum atomic E-state index is -0.0880. The van der Waals surface area contributed by atoms with Gasteiger partial charge in [-0.3, -0.25) is 10.1 Å². The smallest absolute Gasteiger partial charge is 0.246 e. The molecule has 22 heavy (non-hydrogen) atoms. The maximum absolute atomic E-state index is 12.3. The van der Waals surface area contributed by atoms with E-state index in [2.05, 4.69) is 34.4 Å². The zero-order valence-corrected chi connectivity index (χ0v) is 13.2. The molecule has 0 fully saturated rings. The van der Waals surface area contributed by atoms with E-state index in [1.165, 1.54) is 5.56 Å². The zero-order valence-electron chi connectivity index (χ0n) is 13.2. The number of carbonyl (C=O) groups excluding carboxylic acids is 1. The van der Waals surface area contributed by atoms with Gasteiger partial charge in [-0.2, -0.15) is 0 Å². The number of hydrogen-bond donors (Lipinski definition) is 1. The van der Waals surface area contributed by atoms with Crippen molar-refractivity contribution in [1.82, 2.24) is 5.16 Å². The highest BCUT2D eigenvalue weighted by atomic mass is 16.5. The van der Waals surface area contributed by atoms with Gasteiger partial charge in [0.25, 0.3) is 0 Å². The molecule has 0 bridgehead atoms. The predicted molar refractivity (Wildman–Crippen MR) is 86.2 cm³/mol. The van der Waals surface area contributed by atoms with Crippen LogP contribution in [-0.2, 0) is 11.2 Å². The summed E-state index contributed by atoms with van der Waals surface area (Å²) in [5.74, 6) is 0.601. The van der Waals surface area contributed by atoms with Crippen molar-refractivity contribution in [1.29, 1.82) is 0 Å². The fourth-order valence-electron chi connectivity index (χ4n) is 2.82. The lowest BCUT2D eigenvalue weighted by Gasteiger charge is -2.23. The second-order valence-corrected chi connectivity index (χ2v) is 6.13. The van der Waals surface area contributed by atoms with Gasteiger partial charge in [-0.05, 0) is 30.9 Å². The predicted octanol–water partition coefficient (Wildman–Crippen LogP) is 3.19. The van der Waals surface area contributed by atoms with Crippen LogP contribution in [0.3, 0.4) is 0 Å². The quantitative estimate of drug-likeness (QED) is 0.942. The molecule has 1 amide bonds. The van der Waals surface area contributed by atoms with Gasteiger partial charge in [-0.15, -0.1) is 0 Å². The van der Waals surface area contributed by atoms with Crippen LogP contribution < -0.4 is 10.2 Å². The van der Waals surface area contributed by atoms with Gasteiger partial charge in [0.2, 0.25) is 11.8 Å². The second-order valence-electron chi connectivity index (χ2n) is 6.13. The molecule has 0 radical (unpaired) electrons. The maximum atomic E-state index is 12.3.